The molecule has 2 aromatic rings. The Labute approximate surface area is 124 Å². The second kappa shape index (κ2) is 6.72. The number of hydrogen-bond acceptors (Lipinski definition) is 4. The first-order valence-corrected chi connectivity index (χ1v) is 7.20. The summed E-state index contributed by atoms with van der Waals surface area (Å²) < 4.78 is 5.55. The van der Waals surface area contributed by atoms with Crippen LogP contribution < -0.4 is 15.4 Å². The molecular weight excluding hydrogens is 264 g/mol. The fraction of sp³-hybridized carbons (Fsp3) is 0.294. The molecule has 0 aliphatic carbocycles. The van der Waals surface area contributed by atoms with E-state index in [0.29, 0.717) is 13.3 Å². The Morgan fingerprint density at radius 2 is 1.95 bits per heavy atom. The van der Waals surface area contributed by atoms with Crippen molar-refractivity contribution in [2.45, 2.75) is 19.5 Å². The van der Waals surface area contributed by atoms with Gasteiger partial charge in [-0.05, 0) is 29.2 Å². The molecule has 1 aliphatic rings. The molecule has 0 radical (unpaired) electrons. The van der Waals surface area contributed by atoms with Crippen LogP contribution in [-0.4, -0.2) is 18.6 Å². The number of benzene rings is 2. The lowest BCUT2D eigenvalue weighted by Gasteiger charge is -2.19. The molecule has 110 valence electrons. The summed E-state index contributed by atoms with van der Waals surface area (Å²) in [6.45, 7) is 2.14. The van der Waals surface area contributed by atoms with Gasteiger partial charge in [0.25, 0.3) is 0 Å². The molecule has 3 N–H and O–H groups in total. The minimum absolute atomic E-state index is 0.00203. The summed E-state index contributed by atoms with van der Waals surface area (Å²) in [4.78, 5) is 0. The van der Waals surface area contributed by atoms with Crippen LogP contribution in [0.5, 0.6) is 5.75 Å². The van der Waals surface area contributed by atoms with Gasteiger partial charge in [-0.1, -0.05) is 36.4 Å². The molecule has 4 nitrogen and oxygen atoms in total. The summed E-state index contributed by atoms with van der Waals surface area (Å²) in [6.07, 6.45) is 0.903. The molecule has 21 heavy (non-hydrogen) atoms. The van der Waals surface area contributed by atoms with E-state index in [0.717, 1.165) is 18.7 Å². The van der Waals surface area contributed by atoms with Crippen molar-refractivity contribution < 1.29 is 9.84 Å². The molecule has 1 aliphatic heterocycles. The Balaban J connectivity index is 1.74. The molecule has 0 spiro atoms. The number of rotatable bonds is 5. The predicted molar refractivity (Wildman–Crippen MR) is 82.0 cm³/mol. The third-order valence-corrected chi connectivity index (χ3v) is 3.61. The van der Waals surface area contributed by atoms with Crippen LogP contribution in [-0.2, 0) is 19.5 Å². The van der Waals surface area contributed by atoms with Gasteiger partial charge in [0.05, 0.1) is 6.73 Å². The smallest absolute Gasteiger partial charge is 0.139 e. The van der Waals surface area contributed by atoms with Gasteiger partial charge in [0.1, 0.15) is 12.5 Å². The molecule has 0 saturated carbocycles. The van der Waals surface area contributed by atoms with Crippen molar-refractivity contribution in [1.29, 1.82) is 0 Å². The SMILES string of the molecule is OCNCc1cccc(Cc2ccc3c(c2)CNCO3)c1. The zero-order valence-corrected chi connectivity index (χ0v) is 11.9. The third-order valence-electron chi connectivity index (χ3n) is 3.61. The minimum Gasteiger partial charge on any atom is -0.478 e. The maximum atomic E-state index is 8.82. The Morgan fingerprint density at radius 3 is 2.86 bits per heavy atom. The molecule has 3 rings (SSSR count). The summed E-state index contributed by atoms with van der Waals surface area (Å²) in [6, 6.07) is 14.8. The van der Waals surface area contributed by atoms with E-state index in [2.05, 4.69) is 53.1 Å². The van der Waals surface area contributed by atoms with Gasteiger partial charge in [0.15, 0.2) is 0 Å². The number of nitrogens with one attached hydrogen (secondary N) is 2. The lowest BCUT2D eigenvalue weighted by molar-refractivity contribution is 0.257. The second-order valence-corrected chi connectivity index (χ2v) is 5.24. The van der Waals surface area contributed by atoms with Crippen LogP contribution in [0.4, 0.5) is 0 Å². The van der Waals surface area contributed by atoms with Gasteiger partial charge in [-0.25, -0.2) is 0 Å². The quantitative estimate of drug-likeness (QED) is 0.732. The highest BCUT2D eigenvalue weighted by Crippen LogP contribution is 2.23. The van der Waals surface area contributed by atoms with Crippen molar-refractivity contribution in [3.63, 3.8) is 0 Å². The summed E-state index contributed by atoms with van der Waals surface area (Å²) in [5.74, 6) is 0.985. The first kappa shape index (κ1) is 14.1. The van der Waals surface area contributed by atoms with E-state index in [1.54, 1.807) is 0 Å². The highest BCUT2D eigenvalue weighted by atomic mass is 16.5. The fourth-order valence-corrected chi connectivity index (χ4v) is 2.62. The molecule has 0 unspecified atom stereocenters. The second-order valence-electron chi connectivity index (χ2n) is 5.24. The zero-order chi connectivity index (χ0) is 14.5. The lowest BCUT2D eigenvalue weighted by Crippen LogP contribution is -2.25. The first-order valence-electron chi connectivity index (χ1n) is 7.20. The van der Waals surface area contributed by atoms with E-state index in [1.165, 1.54) is 22.3 Å². The van der Waals surface area contributed by atoms with Gasteiger partial charge in [-0.2, -0.15) is 0 Å². The summed E-state index contributed by atoms with van der Waals surface area (Å²) >= 11 is 0. The first-order chi connectivity index (χ1) is 10.3. The van der Waals surface area contributed by atoms with Crippen LogP contribution in [0.25, 0.3) is 0 Å². The number of hydrogen-bond donors (Lipinski definition) is 3. The third kappa shape index (κ3) is 3.61. The molecule has 1 heterocycles. The predicted octanol–water partition coefficient (Wildman–Crippen LogP) is 1.76. The summed E-state index contributed by atoms with van der Waals surface area (Å²) in [5, 5.41) is 15.0. The molecule has 4 heteroatoms. The van der Waals surface area contributed by atoms with Crippen LogP contribution in [0, 0.1) is 0 Å². The van der Waals surface area contributed by atoms with Crippen molar-refractivity contribution in [2.75, 3.05) is 13.5 Å². The highest BCUT2D eigenvalue weighted by Gasteiger charge is 2.10. The Hall–Kier alpha value is -1.88. The van der Waals surface area contributed by atoms with Crippen LogP contribution in [0.1, 0.15) is 22.3 Å². The maximum absolute atomic E-state index is 8.82. The largest absolute Gasteiger partial charge is 0.478 e. The molecule has 0 fully saturated rings. The summed E-state index contributed by atoms with van der Waals surface area (Å²) in [7, 11) is 0. The van der Waals surface area contributed by atoms with Gasteiger partial charge in [0, 0.05) is 18.7 Å². The van der Waals surface area contributed by atoms with Crippen molar-refractivity contribution in [3.8, 4) is 5.75 Å². The Morgan fingerprint density at radius 1 is 1.10 bits per heavy atom. The number of aliphatic hydroxyl groups excluding tert-OH is 1. The van der Waals surface area contributed by atoms with Gasteiger partial charge in [-0.15, -0.1) is 0 Å². The molecule has 0 aromatic heterocycles. The average Bonchev–Trinajstić information content (AvgIpc) is 2.53. The number of ether oxygens (including phenoxy) is 1. The van der Waals surface area contributed by atoms with Gasteiger partial charge >= 0.3 is 0 Å². The van der Waals surface area contributed by atoms with E-state index in [9.17, 15) is 0 Å². The minimum atomic E-state index is 0.00203. The monoisotopic (exact) mass is 284 g/mol. The van der Waals surface area contributed by atoms with Crippen LogP contribution in [0.2, 0.25) is 0 Å². The molecule has 2 aromatic carbocycles. The van der Waals surface area contributed by atoms with E-state index in [-0.39, 0.29) is 6.73 Å². The molecule has 0 bridgehead atoms. The van der Waals surface area contributed by atoms with Crippen LogP contribution in [0.3, 0.4) is 0 Å². The normalized spacial score (nSPS) is 13.6. The van der Waals surface area contributed by atoms with Crippen molar-refractivity contribution >= 4 is 0 Å². The molecule has 0 atom stereocenters. The zero-order valence-electron chi connectivity index (χ0n) is 11.9. The van der Waals surface area contributed by atoms with Crippen LogP contribution in [0.15, 0.2) is 42.5 Å². The maximum Gasteiger partial charge on any atom is 0.139 e. The Bertz CT molecular complexity index is 613. The molecule has 0 saturated heterocycles. The van der Waals surface area contributed by atoms with E-state index in [1.807, 2.05) is 0 Å². The van der Waals surface area contributed by atoms with E-state index >= 15 is 0 Å². The number of fused-ring (bicyclic) bond motifs is 1. The van der Waals surface area contributed by atoms with Crippen molar-refractivity contribution in [3.05, 3.63) is 64.7 Å². The van der Waals surface area contributed by atoms with E-state index in [4.69, 9.17) is 9.84 Å². The fourth-order valence-electron chi connectivity index (χ4n) is 2.62. The standard InChI is InChI=1S/C17H20N2O2/c20-11-18-9-15-3-1-2-13(7-15)6-14-4-5-17-16(8-14)10-19-12-21-17/h1-5,7-8,18-20H,6,9-12H2. The van der Waals surface area contributed by atoms with Crippen molar-refractivity contribution in [1.82, 2.24) is 10.6 Å². The van der Waals surface area contributed by atoms with Gasteiger partial charge in [0.2, 0.25) is 0 Å². The van der Waals surface area contributed by atoms with Gasteiger partial charge < -0.3 is 9.84 Å². The van der Waals surface area contributed by atoms with Crippen molar-refractivity contribution in [2.24, 2.45) is 0 Å². The van der Waals surface area contributed by atoms with E-state index < -0.39 is 0 Å². The lowest BCUT2D eigenvalue weighted by atomic mass is 10.0. The topological polar surface area (TPSA) is 53.5 Å². The highest BCUT2D eigenvalue weighted by molar-refractivity contribution is 5.40. The summed E-state index contributed by atoms with van der Waals surface area (Å²) in [5.41, 5.74) is 4.96. The Kier molecular flexibility index (Phi) is 4.50. The average molecular weight is 284 g/mol. The van der Waals surface area contributed by atoms with Crippen LogP contribution >= 0.6 is 0 Å². The number of aliphatic hydroxyl groups is 1. The van der Waals surface area contributed by atoms with Gasteiger partial charge in [-0.3, -0.25) is 10.6 Å². The molecule has 0 amide bonds. The molecular formula is C17H20N2O2.